The van der Waals surface area contributed by atoms with Gasteiger partial charge in [0.1, 0.15) is 11.2 Å². The summed E-state index contributed by atoms with van der Waals surface area (Å²) in [6.07, 6.45) is 4.24. The summed E-state index contributed by atoms with van der Waals surface area (Å²) in [5, 5.41) is 7.72. The largest absolute Gasteiger partial charge is 0.353 e. The van der Waals surface area contributed by atoms with Gasteiger partial charge in [0.2, 0.25) is 0 Å². The lowest BCUT2D eigenvalue weighted by atomic mass is 9.88. The maximum absolute atomic E-state index is 12.7. The van der Waals surface area contributed by atoms with Gasteiger partial charge in [0.15, 0.2) is 0 Å². The molecule has 0 fully saturated rings. The Kier molecular flexibility index (Phi) is 3.64. The van der Waals surface area contributed by atoms with Crippen molar-refractivity contribution < 1.29 is 4.79 Å². The molecule has 2 atom stereocenters. The van der Waals surface area contributed by atoms with Gasteiger partial charge in [-0.15, -0.1) is 11.3 Å². The molecule has 23 heavy (non-hydrogen) atoms. The molecule has 0 saturated carbocycles. The van der Waals surface area contributed by atoms with Gasteiger partial charge in [0.05, 0.1) is 5.56 Å². The van der Waals surface area contributed by atoms with Crippen molar-refractivity contribution in [1.29, 1.82) is 0 Å². The van der Waals surface area contributed by atoms with Crippen molar-refractivity contribution in [1.82, 2.24) is 5.32 Å². The van der Waals surface area contributed by atoms with E-state index in [4.69, 9.17) is 0 Å². The normalized spacial score (nSPS) is 22.8. The zero-order valence-electron chi connectivity index (χ0n) is 13.6. The Morgan fingerprint density at radius 1 is 1.22 bits per heavy atom. The summed E-state index contributed by atoms with van der Waals surface area (Å²) in [7, 11) is 0. The SMILES string of the molecule is CCc1ccc([C@@H]2NC(=O)c3c(sc4c3CC[C@H](C)C4)N2)cc1. The van der Waals surface area contributed by atoms with Crippen molar-refractivity contribution >= 4 is 22.2 Å². The van der Waals surface area contributed by atoms with Crippen LogP contribution in [0.1, 0.15) is 58.4 Å². The smallest absolute Gasteiger partial charge is 0.256 e. The van der Waals surface area contributed by atoms with Gasteiger partial charge in [0.25, 0.3) is 5.91 Å². The van der Waals surface area contributed by atoms with Crippen LogP contribution in [0.2, 0.25) is 0 Å². The molecule has 2 aliphatic rings. The highest BCUT2D eigenvalue weighted by Gasteiger charge is 2.32. The third kappa shape index (κ3) is 2.55. The van der Waals surface area contributed by atoms with E-state index >= 15 is 0 Å². The highest BCUT2D eigenvalue weighted by molar-refractivity contribution is 7.16. The first-order chi connectivity index (χ1) is 11.2. The topological polar surface area (TPSA) is 41.1 Å². The predicted octanol–water partition coefficient (Wildman–Crippen LogP) is 4.29. The lowest BCUT2D eigenvalue weighted by molar-refractivity contribution is 0.0935. The number of aryl methyl sites for hydroxylation is 1. The van der Waals surface area contributed by atoms with E-state index in [1.807, 2.05) is 0 Å². The van der Waals surface area contributed by atoms with Crippen LogP contribution in [-0.2, 0) is 19.3 Å². The fraction of sp³-hybridized carbons (Fsp3) is 0.421. The van der Waals surface area contributed by atoms with Crippen LogP contribution >= 0.6 is 11.3 Å². The minimum absolute atomic E-state index is 0.0790. The molecule has 4 heteroatoms. The molecule has 0 radical (unpaired) electrons. The van der Waals surface area contributed by atoms with Crippen LogP contribution in [0, 0.1) is 5.92 Å². The van der Waals surface area contributed by atoms with Crippen molar-refractivity contribution in [3.8, 4) is 0 Å². The van der Waals surface area contributed by atoms with Crippen LogP contribution in [0.3, 0.4) is 0 Å². The number of nitrogens with one attached hydrogen (secondary N) is 2. The van der Waals surface area contributed by atoms with Crippen molar-refractivity contribution in [2.45, 2.75) is 45.7 Å². The van der Waals surface area contributed by atoms with Gasteiger partial charge in [-0.2, -0.15) is 0 Å². The molecule has 1 aliphatic heterocycles. The van der Waals surface area contributed by atoms with E-state index in [-0.39, 0.29) is 12.1 Å². The van der Waals surface area contributed by atoms with Crippen molar-refractivity contribution in [3.05, 3.63) is 51.4 Å². The zero-order valence-corrected chi connectivity index (χ0v) is 14.4. The van der Waals surface area contributed by atoms with Gasteiger partial charge < -0.3 is 10.6 Å². The molecule has 3 nitrogen and oxygen atoms in total. The summed E-state index contributed by atoms with van der Waals surface area (Å²) in [6, 6.07) is 8.49. The minimum atomic E-state index is -0.126. The molecule has 0 bridgehead atoms. The van der Waals surface area contributed by atoms with Crippen molar-refractivity contribution in [2.24, 2.45) is 5.92 Å². The van der Waals surface area contributed by atoms with Gasteiger partial charge >= 0.3 is 0 Å². The second-order valence-corrected chi connectivity index (χ2v) is 7.81. The molecule has 1 aliphatic carbocycles. The van der Waals surface area contributed by atoms with Gasteiger partial charge in [-0.3, -0.25) is 4.79 Å². The maximum atomic E-state index is 12.7. The number of thiophene rings is 1. The monoisotopic (exact) mass is 326 g/mol. The molecule has 120 valence electrons. The quantitative estimate of drug-likeness (QED) is 0.864. The third-order valence-electron chi connectivity index (χ3n) is 5.01. The van der Waals surface area contributed by atoms with Crippen LogP contribution in [0.25, 0.3) is 0 Å². The van der Waals surface area contributed by atoms with E-state index < -0.39 is 0 Å². The lowest BCUT2D eigenvalue weighted by Crippen LogP contribution is -2.38. The molecule has 1 aromatic heterocycles. The highest BCUT2D eigenvalue weighted by Crippen LogP contribution is 2.42. The first-order valence-corrected chi connectivity index (χ1v) is 9.28. The van der Waals surface area contributed by atoms with E-state index in [1.54, 1.807) is 11.3 Å². The Morgan fingerprint density at radius 2 is 2.00 bits per heavy atom. The van der Waals surface area contributed by atoms with Crippen LogP contribution in [0.4, 0.5) is 5.00 Å². The molecule has 0 spiro atoms. The Hall–Kier alpha value is -1.81. The number of carbonyl (C=O) groups excluding carboxylic acids is 1. The molecular formula is C19H22N2OS. The Bertz CT molecular complexity index is 747. The standard InChI is InChI=1S/C19H22N2OS/c1-3-12-5-7-13(8-6-12)17-20-18(22)16-14-9-4-11(2)10-15(14)23-19(16)21-17/h5-8,11,17,21H,3-4,9-10H2,1-2H3,(H,20,22)/t11-,17+/m0/s1. The number of hydrogen-bond donors (Lipinski definition) is 2. The maximum Gasteiger partial charge on any atom is 0.256 e. The number of benzene rings is 1. The van der Waals surface area contributed by atoms with Gasteiger partial charge in [0, 0.05) is 4.88 Å². The summed E-state index contributed by atoms with van der Waals surface area (Å²) in [5.74, 6) is 0.804. The molecule has 2 heterocycles. The molecule has 0 unspecified atom stereocenters. The zero-order chi connectivity index (χ0) is 16.0. The molecule has 2 aromatic rings. The van der Waals surface area contributed by atoms with Gasteiger partial charge in [-0.25, -0.2) is 0 Å². The van der Waals surface area contributed by atoms with E-state index in [9.17, 15) is 4.79 Å². The fourth-order valence-corrected chi connectivity index (χ4v) is 5.01. The first kappa shape index (κ1) is 14.8. The molecule has 1 amide bonds. The number of carbonyl (C=O) groups is 1. The van der Waals surface area contributed by atoms with Gasteiger partial charge in [-0.05, 0) is 48.3 Å². The van der Waals surface area contributed by atoms with E-state index in [2.05, 4.69) is 48.7 Å². The molecule has 0 saturated heterocycles. The fourth-order valence-electron chi connectivity index (χ4n) is 3.58. The highest BCUT2D eigenvalue weighted by atomic mass is 32.1. The number of hydrogen-bond acceptors (Lipinski definition) is 3. The Balaban J connectivity index is 1.65. The number of rotatable bonds is 2. The summed E-state index contributed by atoms with van der Waals surface area (Å²) in [4.78, 5) is 14.1. The van der Waals surface area contributed by atoms with Crippen LogP contribution in [0.15, 0.2) is 24.3 Å². The van der Waals surface area contributed by atoms with Gasteiger partial charge in [-0.1, -0.05) is 38.1 Å². The second kappa shape index (κ2) is 5.68. The molecule has 2 N–H and O–H groups in total. The summed E-state index contributed by atoms with van der Waals surface area (Å²) < 4.78 is 0. The van der Waals surface area contributed by atoms with Crippen molar-refractivity contribution in [3.63, 3.8) is 0 Å². The number of amides is 1. The number of fused-ring (bicyclic) bond motifs is 3. The number of anilines is 1. The van der Waals surface area contributed by atoms with Crippen LogP contribution < -0.4 is 10.6 Å². The van der Waals surface area contributed by atoms with E-state index in [0.29, 0.717) is 0 Å². The molecular weight excluding hydrogens is 304 g/mol. The lowest BCUT2D eigenvalue weighted by Gasteiger charge is -2.27. The van der Waals surface area contributed by atoms with Crippen molar-refractivity contribution in [2.75, 3.05) is 5.32 Å². The van der Waals surface area contributed by atoms with E-state index in [0.717, 1.165) is 41.3 Å². The van der Waals surface area contributed by atoms with Crippen LogP contribution in [-0.4, -0.2) is 5.91 Å². The second-order valence-electron chi connectivity index (χ2n) is 6.70. The van der Waals surface area contributed by atoms with E-state index in [1.165, 1.54) is 22.4 Å². The summed E-state index contributed by atoms with van der Waals surface area (Å²) in [6.45, 7) is 4.45. The molecule has 4 rings (SSSR count). The predicted molar refractivity (Wildman–Crippen MR) is 95.2 cm³/mol. The Labute approximate surface area is 141 Å². The third-order valence-corrected chi connectivity index (χ3v) is 6.20. The summed E-state index contributed by atoms with van der Waals surface area (Å²) in [5.41, 5.74) is 4.62. The van der Waals surface area contributed by atoms with Crippen LogP contribution in [0.5, 0.6) is 0 Å². The first-order valence-electron chi connectivity index (χ1n) is 8.46. The average molecular weight is 326 g/mol. The average Bonchev–Trinajstić information content (AvgIpc) is 2.92. The Morgan fingerprint density at radius 3 is 2.74 bits per heavy atom. The molecule has 1 aromatic carbocycles. The minimum Gasteiger partial charge on any atom is -0.353 e. The summed E-state index contributed by atoms with van der Waals surface area (Å²) >= 11 is 1.78.